The van der Waals surface area contributed by atoms with Crippen molar-refractivity contribution >= 4 is 16.0 Å². The van der Waals surface area contributed by atoms with Crippen molar-refractivity contribution in [2.45, 2.75) is 31.8 Å². The van der Waals surface area contributed by atoms with E-state index in [0.717, 1.165) is 28.8 Å². The molecule has 216 valence electrons. The third-order valence-electron chi connectivity index (χ3n) is 5.43. The predicted octanol–water partition coefficient (Wildman–Crippen LogP) is 1.55. The zero-order chi connectivity index (χ0) is 29.3. The molecule has 40 heavy (non-hydrogen) atoms. The van der Waals surface area contributed by atoms with Gasteiger partial charge in [-0.3, -0.25) is 0 Å². The van der Waals surface area contributed by atoms with E-state index >= 15 is 4.39 Å². The zero-order valence-corrected chi connectivity index (χ0v) is 22.6. The minimum absolute atomic E-state index is 0.0150. The van der Waals surface area contributed by atoms with Gasteiger partial charge in [-0.1, -0.05) is 23.8 Å². The first-order valence-corrected chi connectivity index (χ1v) is 13.4. The van der Waals surface area contributed by atoms with E-state index in [2.05, 4.69) is 14.9 Å². The average Bonchev–Trinajstić information content (AvgIpc) is 3.28. The van der Waals surface area contributed by atoms with Gasteiger partial charge in [0.1, 0.15) is 30.5 Å². The highest BCUT2D eigenvalue weighted by Crippen LogP contribution is 2.22. The molecule has 2 aromatic carbocycles. The number of hydrogen-bond donors (Lipinski definition) is 1. The molecule has 0 amide bonds. The number of rotatable bonds is 15. The molecule has 16 heteroatoms. The van der Waals surface area contributed by atoms with E-state index in [1.807, 2.05) is 32.0 Å². The summed E-state index contributed by atoms with van der Waals surface area (Å²) in [6, 6.07) is 9.05. The highest BCUT2D eigenvalue weighted by Gasteiger charge is 2.19. The van der Waals surface area contributed by atoms with Gasteiger partial charge in [-0.15, -0.1) is 15.2 Å². The van der Waals surface area contributed by atoms with Crippen LogP contribution in [0.4, 0.5) is 4.39 Å². The fourth-order valence-corrected chi connectivity index (χ4v) is 4.02. The van der Waals surface area contributed by atoms with Gasteiger partial charge in [0, 0.05) is 6.42 Å². The lowest BCUT2D eigenvalue weighted by atomic mass is 10.0. The van der Waals surface area contributed by atoms with Gasteiger partial charge in [0.25, 0.3) is 5.09 Å². The summed E-state index contributed by atoms with van der Waals surface area (Å²) in [5, 5.41) is 18.5. The largest absolute Gasteiger partial charge is 0.456 e. The molecule has 0 atom stereocenters. The van der Waals surface area contributed by atoms with Crippen molar-refractivity contribution in [3.05, 3.63) is 80.7 Å². The number of benzene rings is 2. The van der Waals surface area contributed by atoms with Crippen LogP contribution in [0.3, 0.4) is 0 Å². The van der Waals surface area contributed by atoms with Crippen molar-refractivity contribution in [2.75, 3.05) is 33.0 Å². The number of nitrogens with zero attached hydrogens (tertiary/aromatic N) is 4. The van der Waals surface area contributed by atoms with Gasteiger partial charge >= 0.3 is 5.97 Å². The van der Waals surface area contributed by atoms with E-state index in [4.69, 9.17) is 19.3 Å². The summed E-state index contributed by atoms with van der Waals surface area (Å²) < 4.78 is 54.8. The van der Waals surface area contributed by atoms with Gasteiger partial charge in [-0.2, -0.15) is 0 Å². The monoisotopic (exact) mass is 581 g/mol. The smallest absolute Gasteiger partial charge is 0.332 e. The van der Waals surface area contributed by atoms with E-state index in [0.29, 0.717) is 5.82 Å². The van der Waals surface area contributed by atoms with E-state index in [-0.39, 0.29) is 51.0 Å². The van der Waals surface area contributed by atoms with Crippen molar-refractivity contribution in [3.8, 4) is 5.69 Å². The molecule has 2 N–H and O–H groups in total. The lowest BCUT2D eigenvalue weighted by molar-refractivity contribution is -0.758. The second-order valence-electron chi connectivity index (χ2n) is 8.50. The van der Waals surface area contributed by atoms with Crippen molar-refractivity contribution < 1.29 is 41.7 Å². The summed E-state index contributed by atoms with van der Waals surface area (Å²) in [4.78, 5) is 30.2. The van der Waals surface area contributed by atoms with Gasteiger partial charge < -0.3 is 19.0 Å². The Hall–Kier alpha value is -3.99. The van der Waals surface area contributed by atoms with Crippen LogP contribution in [0, 0.1) is 29.8 Å². The Balaban J connectivity index is 1.68. The lowest BCUT2D eigenvalue weighted by Crippen LogP contribution is -2.16. The molecular weight excluding hydrogens is 553 g/mol. The normalized spacial score (nSPS) is 11.4. The number of aryl methyl sites for hydroxylation is 2. The van der Waals surface area contributed by atoms with Crippen LogP contribution in [0.15, 0.2) is 41.3 Å². The highest BCUT2D eigenvalue weighted by atomic mass is 32.2. The van der Waals surface area contributed by atoms with Crippen LogP contribution < -0.4 is 5.14 Å². The predicted molar refractivity (Wildman–Crippen MR) is 136 cm³/mol. The van der Waals surface area contributed by atoms with Crippen LogP contribution in [0.2, 0.25) is 0 Å². The van der Waals surface area contributed by atoms with E-state index in [1.54, 1.807) is 0 Å². The molecule has 0 spiro atoms. The van der Waals surface area contributed by atoms with Gasteiger partial charge in [-0.25, -0.2) is 32.4 Å². The van der Waals surface area contributed by atoms with Gasteiger partial charge in [0.15, 0.2) is 12.4 Å². The van der Waals surface area contributed by atoms with Crippen LogP contribution >= 0.6 is 0 Å². The Morgan fingerprint density at radius 3 is 2.52 bits per heavy atom. The summed E-state index contributed by atoms with van der Waals surface area (Å²) in [7, 11) is -4.12. The second kappa shape index (κ2) is 13.9. The van der Waals surface area contributed by atoms with Crippen LogP contribution in [-0.4, -0.2) is 67.3 Å². The maximum atomic E-state index is 15.0. The molecule has 0 bridgehead atoms. The minimum atomic E-state index is -4.12. The molecule has 14 nitrogen and oxygen atoms in total. The number of primary sulfonamides is 1. The molecule has 0 aliphatic carbocycles. The summed E-state index contributed by atoms with van der Waals surface area (Å²) in [5.74, 6) is -1.19. The Kier molecular flexibility index (Phi) is 10.6. The molecule has 1 heterocycles. The molecular formula is C24H28FN5O9S. The summed E-state index contributed by atoms with van der Waals surface area (Å²) >= 11 is 0. The van der Waals surface area contributed by atoms with Gasteiger partial charge in [0.2, 0.25) is 10.0 Å². The highest BCUT2D eigenvalue weighted by molar-refractivity contribution is 7.89. The molecule has 3 rings (SSSR count). The maximum absolute atomic E-state index is 15.0. The van der Waals surface area contributed by atoms with Crippen LogP contribution in [0.25, 0.3) is 5.69 Å². The molecule has 3 aromatic rings. The number of esters is 1. The van der Waals surface area contributed by atoms with E-state index < -0.39 is 38.4 Å². The molecule has 0 fully saturated rings. The van der Waals surface area contributed by atoms with Crippen molar-refractivity contribution in [1.82, 2.24) is 14.8 Å². The molecule has 0 aliphatic heterocycles. The Morgan fingerprint density at radius 2 is 1.82 bits per heavy atom. The first-order valence-electron chi connectivity index (χ1n) is 11.9. The van der Waals surface area contributed by atoms with Crippen molar-refractivity contribution in [2.24, 2.45) is 5.14 Å². The fraction of sp³-hybridized carbons (Fsp3) is 0.375. The number of halogens is 1. The molecule has 1 aromatic heterocycles. The average molecular weight is 582 g/mol. The fourth-order valence-electron chi connectivity index (χ4n) is 3.49. The molecule has 0 saturated heterocycles. The molecule has 0 saturated carbocycles. The molecule has 0 unspecified atom stereocenters. The summed E-state index contributed by atoms with van der Waals surface area (Å²) in [6.07, 6.45) is 0.265. The van der Waals surface area contributed by atoms with E-state index in [9.17, 15) is 23.3 Å². The van der Waals surface area contributed by atoms with Crippen molar-refractivity contribution in [1.29, 1.82) is 0 Å². The van der Waals surface area contributed by atoms with Crippen LogP contribution in [0.1, 0.15) is 28.3 Å². The lowest BCUT2D eigenvalue weighted by Gasteiger charge is -2.10. The maximum Gasteiger partial charge on any atom is 0.332 e. The second-order valence-corrected chi connectivity index (χ2v) is 10.1. The summed E-state index contributed by atoms with van der Waals surface area (Å²) in [5.41, 5.74) is 2.84. The number of carbonyl (C=O) groups excluding carboxylic acids is 1. The molecule has 0 aliphatic rings. The van der Waals surface area contributed by atoms with Gasteiger partial charge in [-0.05, 0) is 43.2 Å². The van der Waals surface area contributed by atoms with Crippen LogP contribution in [-0.2, 0) is 46.9 Å². The Labute approximate surface area is 229 Å². The van der Waals surface area contributed by atoms with Gasteiger partial charge in [0.05, 0.1) is 24.7 Å². The first-order chi connectivity index (χ1) is 18.9. The number of hydrogen-bond acceptors (Lipinski definition) is 11. The quantitative estimate of drug-likeness (QED) is 0.119. The zero-order valence-electron chi connectivity index (χ0n) is 21.7. The SMILES string of the molecule is Cc1ccc(C)c(Cc2nc(COC(=O)COCCOCCO[N+](=O)[O-])nn2-c2ccc(S(N)(=O)=O)cc2F)c1. The number of ether oxygens (including phenoxy) is 3. The topological polar surface area (TPSA) is 188 Å². The number of nitrogens with two attached hydrogens (primary N) is 1. The number of aromatic nitrogens is 3. The van der Waals surface area contributed by atoms with Crippen molar-refractivity contribution in [3.63, 3.8) is 0 Å². The standard InChI is InChI=1S/C24H28FN5O9S/c1-16-3-4-17(2)18(11-16)12-23-27-22(14-38-24(31)15-37-8-7-36-9-10-39-30(32)33)28-29(23)21-6-5-19(13-20(21)25)40(26,34)35/h3-6,11,13H,7-10,12,14-15H2,1-2H3,(H2,26,34,35). The third kappa shape index (κ3) is 9.04. The Bertz CT molecular complexity index is 1460. The molecule has 0 radical (unpaired) electrons. The van der Waals surface area contributed by atoms with E-state index in [1.165, 1.54) is 10.7 Å². The third-order valence-corrected chi connectivity index (χ3v) is 6.34. The first kappa shape index (κ1) is 30.6. The minimum Gasteiger partial charge on any atom is -0.456 e. The summed E-state index contributed by atoms with van der Waals surface area (Å²) in [6.45, 7) is 3.01. The number of carbonyl (C=O) groups is 1. The van der Waals surface area contributed by atoms with Crippen LogP contribution in [0.5, 0.6) is 0 Å². The Morgan fingerprint density at radius 1 is 1.10 bits per heavy atom. The number of sulfonamides is 1.